The number of piperazine rings is 1. The number of aryl methyl sites for hydroxylation is 1. The van der Waals surface area contributed by atoms with E-state index in [4.69, 9.17) is 4.42 Å². The second-order valence-electron chi connectivity index (χ2n) is 9.06. The highest BCUT2D eigenvalue weighted by Gasteiger charge is 2.28. The monoisotopic (exact) mass is 404 g/mol. The summed E-state index contributed by atoms with van der Waals surface area (Å²) in [5.74, 6) is 3.20. The molecule has 0 aliphatic carbocycles. The summed E-state index contributed by atoms with van der Waals surface area (Å²) >= 11 is 0. The lowest BCUT2D eigenvalue weighted by atomic mass is 9.92. The molecule has 2 atom stereocenters. The van der Waals surface area contributed by atoms with Gasteiger partial charge in [0, 0.05) is 46.3 Å². The van der Waals surface area contributed by atoms with E-state index in [1.807, 2.05) is 31.0 Å². The first-order valence-corrected chi connectivity index (χ1v) is 10.8. The van der Waals surface area contributed by atoms with Gasteiger partial charge in [-0.25, -0.2) is 0 Å². The van der Waals surface area contributed by atoms with Crippen molar-refractivity contribution in [1.82, 2.24) is 19.6 Å². The number of carbonyl (C=O) groups is 2. The molecule has 7 nitrogen and oxygen atoms in total. The van der Waals surface area contributed by atoms with Crippen LogP contribution in [-0.2, 0) is 16.1 Å². The number of hydrogen-bond donors (Lipinski definition) is 0. The number of piperidine rings is 1. The Labute approximate surface area is 174 Å². The van der Waals surface area contributed by atoms with E-state index in [1.54, 1.807) is 4.90 Å². The molecule has 1 aromatic rings. The van der Waals surface area contributed by atoms with Gasteiger partial charge in [-0.2, -0.15) is 0 Å². The molecule has 3 heterocycles. The maximum absolute atomic E-state index is 12.7. The molecule has 0 spiro atoms. The molecule has 0 aromatic carbocycles. The first kappa shape index (κ1) is 21.8. The van der Waals surface area contributed by atoms with E-state index < -0.39 is 0 Å². The summed E-state index contributed by atoms with van der Waals surface area (Å²) in [7, 11) is 1.82. The molecule has 2 unspecified atom stereocenters. The van der Waals surface area contributed by atoms with E-state index in [9.17, 15) is 9.59 Å². The number of nitrogens with zero attached hydrogens (tertiary/aromatic N) is 4. The highest BCUT2D eigenvalue weighted by atomic mass is 16.3. The molecule has 2 amide bonds. The predicted molar refractivity (Wildman–Crippen MR) is 112 cm³/mol. The molecule has 2 fully saturated rings. The molecule has 1 aromatic heterocycles. The maximum Gasteiger partial charge on any atom is 0.236 e. The summed E-state index contributed by atoms with van der Waals surface area (Å²) < 4.78 is 5.56. The van der Waals surface area contributed by atoms with Crippen LogP contribution < -0.4 is 0 Å². The van der Waals surface area contributed by atoms with Gasteiger partial charge in [0.1, 0.15) is 11.5 Å². The Morgan fingerprint density at radius 2 is 1.62 bits per heavy atom. The average molecular weight is 405 g/mol. The summed E-state index contributed by atoms with van der Waals surface area (Å²) in [5, 5.41) is 0. The third kappa shape index (κ3) is 6.31. The van der Waals surface area contributed by atoms with Crippen LogP contribution in [0.2, 0.25) is 0 Å². The number of amides is 2. The molecule has 29 heavy (non-hydrogen) atoms. The Morgan fingerprint density at radius 1 is 1.03 bits per heavy atom. The predicted octanol–water partition coefficient (Wildman–Crippen LogP) is 1.67. The molecular weight excluding hydrogens is 368 g/mol. The fourth-order valence-electron chi connectivity index (χ4n) is 4.47. The minimum absolute atomic E-state index is 0.0971. The number of rotatable bonds is 6. The smallest absolute Gasteiger partial charge is 0.236 e. The van der Waals surface area contributed by atoms with Crippen LogP contribution >= 0.6 is 0 Å². The second-order valence-corrected chi connectivity index (χ2v) is 9.06. The topological polar surface area (TPSA) is 60.2 Å². The molecule has 2 saturated heterocycles. The quantitative estimate of drug-likeness (QED) is 0.722. The van der Waals surface area contributed by atoms with Crippen molar-refractivity contribution in [3.63, 3.8) is 0 Å². The average Bonchev–Trinajstić information content (AvgIpc) is 3.07. The van der Waals surface area contributed by atoms with Crippen LogP contribution in [0.4, 0.5) is 0 Å². The van der Waals surface area contributed by atoms with Crippen LogP contribution in [0.5, 0.6) is 0 Å². The van der Waals surface area contributed by atoms with Crippen molar-refractivity contribution in [2.24, 2.45) is 11.8 Å². The summed E-state index contributed by atoms with van der Waals surface area (Å²) in [4.78, 5) is 33.4. The Kier molecular flexibility index (Phi) is 7.35. The van der Waals surface area contributed by atoms with Crippen LogP contribution in [0.15, 0.2) is 16.5 Å². The minimum atomic E-state index is 0.0971. The van der Waals surface area contributed by atoms with E-state index in [1.165, 1.54) is 6.42 Å². The minimum Gasteiger partial charge on any atom is -0.464 e. The van der Waals surface area contributed by atoms with E-state index >= 15 is 0 Å². The third-order valence-electron chi connectivity index (χ3n) is 6.02. The van der Waals surface area contributed by atoms with Gasteiger partial charge in [-0.05, 0) is 37.3 Å². The van der Waals surface area contributed by atoms with E-state index in [0.29, 0.717) is 31.5 Å². The SMILES string of the molecule is Cc1ccc(CN(C)C(=O)CN2CCN(CC(=O)N3CC(C)CC(C)C3)CC2)o1. The van der Waals surface area contributed by atoms with E-state index in [0.717, 1.165) is 50.8 Å². The summed E-state index contributed by atoms with van der Waals surface area (Å²) in [6, 6.07) is 3.83. The Bertz CT molecular complexity index is 686. The lowest BCUT2D eigenvalue weighted by Crippen LogP contribution is -2.53. The standard InChI is InChI=1S/C22H36N4O3/c1-17-11-18(2)13-26(12-17)22(28)16-25-9-7-24(8-10-25)15-21(27)23(4)14-20-6-5-19(3)29-20/h5-6,17-18H,7-16H2,1-4H3. The van der Waals surface area contributed by atoms with Crippen LogP contribution in [0.1, 0.15) is 31.8 Å². The molecule has 3 rings (SSSR count). The molecular formula is C22H36N4O3. The number of likely N-dealkylation sites (tertiary alicyclic amines) is 1. The Balaban J connectivity index is 1.38. The van der Waals surface area contributed by atoms with Crippen molar-refractivity contribution >= 4 is 11.8 Å². The van der Waals surface area contributed by atoms with Gasteiger partial charge in [-0.3, -0.25) is 19.4 Å². The molecule has 0 N–H and O–H groups in total. The summed E-state index contributed by atoms with van der Waals surface area (Å²) in [6.45, 7) is 12.9. The van der Waals surface area contributed by atoms with Crippen molar-refractivity contribution in [2.45, 2.75) is 33.7 Å². The molecule has 2 aliphatic heterocycles. The zero-order valence-corrected chi connectivity index (χ0v) is 18.4. The van der Waals surface area contributed by atoms with Gasteiger partial charge in [0.25, 0.3) is 0 Å². The highest BCUT2D eigenvalue weighted by molar-refractivity contribution is 5.78. The van der Waals surface area contributed by atoms with Crippen LogP contribution in [-0.4, -0.2) is 90.8 Å². The fourth-order valence-corrected chi connectivity index (χ4v) is 4.47. The normalized spacial score (nSPS) is 23.9. The molecule has 0 bridgehead atoms. The van der Waals surface area contributed by atoms with Gasteiger partial charge < -0.3 is 14.2 Å². The number of carbonyl (C=O) groups excluding carboxylic acids is 2. The van der Waals surface area contributed by atoms with Crippen LogP contribution in [0.25, 0.3) is 0 Å². The third-order valence-corrected chi connectivity index (χ3v) is 6.02. The highest BCUT2D eigenvalue weighted by Crippen LogP contribution is 2.21. The lowest BCUT2D eigenvalue weighted by Gasteiger charge is -2.38. The fraction of sp³-hybridized carbons (Fsp3) is 0.727. The van der Waals surface area contributed by atoms with Gasteiger partial charge in [0.05, 0.1) is 19.6 Å². The maximum atomic E-state index is 12.7. The van der Waals surface area contributed by atoms with Crippen molar-refractivity contribution in [3.8, 4) is 0 Å². The Hall–Kier alpha value is -1.86. The van der Waals surface area contributed by atoms with Crippen molar-refractivity contribution in [3.05, 3.63) is 23.7 Å². The molecule has 0 radical (unpaired) electrons. The molecule has 2 aliphatic rings. The van der Waals surface area contributed by atoms with Crippen molar-refractivity contribution in [2.75, 3.05) is 59.4 Å². The van der Waals surface area contributed by atoms with Gasteiger partial charge in [0.2, 0.25) is 11.8 Å². The lowest BCUT2D eigenvalue weighted by molar-refractivity contribution is -0.136. The zero-order chi connectivity index (χ0) is 21.0. The van der Waals surface area contributed by atoms with Gasteiger partial charge in [-0.1, -0.05) is 13.8 Å². The van der Waals surface area contributed by atoms with Gasteiger partial charge in [-0.15, -0.1) is 0 Å². The molecule has 7 heteroatoms. The van der Waals surface area contributed by atoms with E-state index in [2.05, 4.69) is 23.6 Å². The number of hydrogen-bond acceptors (Lipinski definition) is 5. The first-order chi connectivity index (χ1) is 13.8. The summed E-state index contributed by atoms with van der Waals surface area (Å²) in [6.07, 6.45) is 1.21. The van der Waals surface area contributed by atoms with Crippen LogP contribution in [0, 0.1) is 18.8 Å². The second kappa shape index (κ2) is 9.76. The zero-order valence-electron chi connectivity index (χ0n) is 18.4. The van der Waals surface area contributed by atoms with Crippen molar-refractivity contribution < 1.29 is 14.0 Å². The Morgan fingerprint density at radius 3 is 2.17 bits per heavy atom. The van der Waals surface area contributed by atoms with Crippen LogP contribution in [0.3, 0.4) is 0 Å². The first-order valence-electron chi connectivity index (χ1n) is 10.8. The van der Waals surface area contributed by atoms with Gasteiger partial charge >= 0.3 is 0 Å². The van der Waals surface area contributed by atoms with E-state index in [-0.39, 0.29) is 11.8 Å². The largest absolute Gasteiger partial charge is 0.464 e. The van der Waals surface area contributed by atoms with Gasteiger partial charge in [0.15, 0.2) is 0 Å². The number of furan rings is 1. The van der Waals surface area contributed by atoms with Crippen molar-refractivity contribution in [1.29, 1.82) is 0 Å². The molecule has 0 saturated carbocycles. The molecule has 162 valence electrons. The number of likely N-dealkylation sites (N-methyl/N-ethyl adjacent to an activating group) is 1. The summed E-state index contributed by atoms with van der Waals surface area (Å²) in [5.41, 5.74) is 0.